The Balaban J connectivity index is 1.65. The van der Waals surface area contributed by atoms with Crippen LogP contribution in [0.4, 0.5) is 0 Å². The highest BCUT2D eigenvalue weighted by Crippen LogP contribution is 2.29. The number of rotatable bonds is 8. The lowest BCUT2D eigenvalue weighted by atomic mass is 10.0. The Hall–Kier alpha value is -1.02. The molecule has 1 N–H and O–H groups in total. The quantitative estimate of drug-likeness (QED) is 0.720. The second-order valence-electron chi connectivity index (χ2n) is 5.64. The van der Waals surface area contributed by atoms with Crippen LogP contribution in [0.2, 0.25) is 0 Å². The van der Waals surface area contributed by atoms with Crippen molar-refractivity contribution in [2.45, 2.75) is 58.5 Å². The molecule has 0 aromatic heterocycles. The highest BCUT2D eigenvalue weighted by Gasteiger charge is 2.18. The summed E-state index contributed by atoms with van der Waals surface area (Å²) in [4.78, 5) is 0. The molecule has 1 aliphatic heterocycles. The fourth-order valence-electron chi connectivity index (χ4n) is 2.69. The molecule has 1 aliphatic rings. The highest BCUT2D eigenvalue weighted by molar-refractivity contribution is 5.40. The predicted octanol–water partition coefficient (Wildman–Crippen LogP) is 3.72. The minimum Gasteiger partial charge on any atom is -0.490 e. The highest BCUT2D eigenvalue weighted by atomic mass is 16.5. The molecule has 2 nitrogen and oxygen atoms in total. The summed E-state index contributed by atoms with van der Waals surface area (Å²) in [6, 6.07) is 6.72. The Kier molecular flexibility index (Phi) is 5.71. The van der Waals surface area contributed by atoms with Crippen molar-refractivity contribution < 1.29 is 4.74 Å². The van der Waals surface area contributed by atoms with E-state index in [4.69, 9.17) is 4.74 Å². The third kappa shape index (κ3) is 4.54. The Morgan fingerprint density at radius 3 is 2.95 bits per heavy atom. The van der Waals surface area contributed by atoms with E-state index in [1.807, 2.05) is 0 Å². The van der Waals surface area contributed by atoms with E-state index in [0.717, 1.165) is 18.7 Å². The van der Waals surface area contributed by atoms with Crippen molar-refractivity contribution in [1.82, 2.24) is 5.32 Å². The Labute approximate surface area is 117 Å². The molecule has 0 bridgehead atoms. The molecule has 0 spiro atoms. The van der Waals surface area contributed by atoms with Crippen LogP contribution >= 0.6 is 0 Å². The second-order valence-corrected chi connectivity index (χ2v) is 5.64. The van der Waals surface area contributed by atoms with Crippen LogP contribution in [0.1, 0.15) is 50.7 Å². The summed E-state index contributed by atoms with van der Waals surface area (Å²) in [6.07, 6.45) is 7.78. The lowest BCUT2D eigenvalue weighted by molar-refractivity contribution is 0.254. The van der Waals surface area contributed by atoms with Gasteiger partial charge in [0.15, 0.2) is 0 Å². The van der Waals surface area contributed by atoms with Gasteiger partial charge in [-0.25, -0.2) is 0 Å². The van der Waals surface area contributed by atoms with E-state index in [0.29, 0.717) is 6.10 Å². The van der Waals surface area contributed by atoms with Crippen molar-refractivity contribution >= 4 is 0 Å². The standard InChI is InChI=1S/C17H27NO/c1-3-10-18-11-6-4-5-7-15-8-9-17-16(13-15)12-14(2)19-17/h8-9,13-14,18H,3-7,10-12H2,1-2H3. The first-order valence-electron chi connectivity index (χ1n) is 7.78. The second kappa shape index (κ2) is 7.54. The molecule has 0 aliphatic carbocycles. The summed E-state index contributed by atoms with van der Waals surface area (Å²) < 4.78 is 5.73. The Bertz CT molecular complexity index is 389. The van der Waals surface area contributed by atoms with E-state index in [1.165, 1.54) is 49.8 Å². The van der Waals surface area contributed by atoms with Crippen LogP contribution in [0.3, 0.4) is 0 Å². The molecule has 0 saturated heterocycles. The van der Waals surface area contributed by atoms with E-state index in [2.05, 4.69) is 37.4 Å². The van der Waals surface area contributed by atoms with E-state index >= 15 is 0 Å². The fraction of sp³-hybridized carbons (Fsp3) is 0.647. The van der Waals surface area contributed by atoms with Crippen LogP contribution in [-0.2, 0) is 12.8 Å². The van der Waals surface area contributed by atoms with Crippen molar-refractivity contribution in [1.29, 1.82) is 0 Å². The molecule has 1 unspecified atom stereocenters. The summed E-state index contributed by atoms with van der Waals surface area (Å²) in [6.45, 7) is 6.68. The van der Waals surface area contributed by atoms with Crippen molar-refractivity contribution in [3.63, 3.8) is 0 Å². The lowest BCUT2D eigenvalue weighted by Gasteiger charge is -2.05. The van der Waals surface area contributed by atoms with Gasteiger partial charge in [-0.1, -0.05) is 25.5 Å². The molecular formula is C17H27NO. The Morgan fingerprint density at radius 1 is 1.21 bits per heavy atom. The molecule has 0 saturated carbocycles. The SMILES string of the molecule is CCCNCCCCCc1ccc2c(c1)CC(C)O2. The Morgan fingerprint density at radius 2 is 2.11 bits per heavy atom. The molecule has 19 heavy (non-hydrogen) atoms. The van der Waals surface area contributed by atoms with Gasteiger partial charge in [-0.3, -0.25) is 0 Å². The number of unbranched alkanes of at least 4 members (excludes halogenated alkanes) is 2. The van der Waals surface area contributed by atoms with Crippen molar-refractivity contribution in [2.75, 3.05) is 13.1 Å². The van der Waals surface area contributed by atoms with Crippen LogP contribution in [0, 0.1) is 0 Å². The third-order valence-corrected chi connectivity index (χ3v) is 3.71. The summed E-state index contributed by atoms with van der Waals surface area (Å²) in [5.41, 5.74) is 2.87. The van der Waals surface area contributed by atoms with Gasteiger partial charge in [-0.2, -0.15) is 0 Å². The number of fused-ring (bicyclic) bond motifs is 1. The maximum Gasteiger partial charge on any atom is 0.123 e. The topological polar surface area (TPSA) is 21.3 Å². The van der Waals surface area contributed by atoms with E-state index < -0.39 is 0 Å². The summed E-state index contributed by atoms with van der Waals surface area (Å²) in [7, 11) is 0. The van der Waals surface area contributed by atoms with Gasteiger partial charge in [-0.05, 0) is 62.9 Å². The number of ether oxygens (including phenoxy) is 1. The van der Waals surface area contributed by atoms with Gasteiger partial charge in [0.2, 0.25) is 0 Å². The van der Waals surface area contributed by atoms with Gasteiger partial charge in [0.1, 0.15) is 11.9 Å². The zero-order chi connectivity index (χ0) is 13.5. The van der Waals surface area contributed by atoms with E-state index in [9.17, 15) is 0 Å². The van der Waals surface area contributed by atoms with Crippen molar-refractivity contribution in [3.8, 4) is 5.75 Å². The van der Waals surface area contributed by atoms with Gasteiger partial charge < -0.3 is 10.1 Å². The molecule has 2 rings (SSSR count). The van der Waals surface area contributed by atoms with Crippen LogP contribution in [0.5, 0.6) is 5.75 Å². The molecule has 2 heteroatoms. The minimum atomic E-state index is 0.356. The first kappa shape index (κ1) is 14.4. The van der Waals surface area contributed by atoms with Gasteiger partial charge in [0, 0.05) is 6.42 Å². The average Bonchev–Trinajstić information content (AvgIpc) is 2.77. The molecule has 0 amide bonds. The zero-order valence-electron chi connectivity index (χ0n) is 12.4. The maximum absolute atomic E-state index is 5.73. The van der Waals surface area contributed by atoms with Gasteiger partial charge >= 0.3 is 0 Å². The lowest BCUT2D eigenvalue weighted by Crippen LogP contribution is -2.15. The predicted molar refractivity (Wildman–Crippen MR) is 81.0 cm³/mol. The molecule has 0 fully saturated rings. The van der Waals surface area contributed by atoms with Crippen LogP contribution in [0.25, 0.3) is 0 Å². The molecule has 1 aromatic carbocycles. The van der Waals surface area contributed by atoms with Crippen LogP contribution in [0.15, 0.2) is 18.2 Å². The molecule has 0 radical (unpaired) electrons. The van der Waals surface area contributed by atoms with Gasteiger partial charge in [0.25, 0.3) is 0 Å². The number of nitrogens with one attached hydrogen (secondary N) is 1. The first-order valence-corrected chi connectivity index (χ1v) is 7.78. The largest absolute Gasteiger partial charge is 0.490 e. The molecule has 106 valence electrons. The van der Waals surface area contributed by atoms with Crippen molar-refractivity contribution in [3.05, 3.63) is 29.3 Å². The van der Waals surface area contributed by atoms with E-state index in [1.54, 1.807) is 0 Å². The molecule has 1 atom stereocenters. The zero-order valence-corrected chi connectivity index (χ0v) is 12.4. The molecule has 1 aromatic rings. The maximum atomic E-state index is 5.73. The van der Waals surface area contributed by atoms with E-state index in [-0.39, 0.29) is 0 Å². The molecular weight excluding hydrogens is 234 g/mol. The smallest absolute Gasteiger partial charge is 0.123 e. The number of hydrogen-bond donors (Lipinski definition) is 1. The van der Waals surface area contributed by atoms with Crippen molar-refractivity contribution in [2.24, 2.45) is 0 Å². The third-order valence-electron chi connectivity index (χ3n) is 3.71. The number of aryl methyl sites for hydroxylation is 1. The fourth-order valence-corrected chi connectivity index (χ4v) is 2.69. The first-order chi connectivity index (χ1) is 9.29. The molecule has 1 heterocycles. The minimum absolute atomic E-state index is 0.356. The van der Waals surface area contributed by atoms with Gasteiger partial charge in [-0.15, -0.1) is 0 Å². The summed E-state index contributed by atoms with van der Waals surface area (Å²) in [5, 5.41) is 3.46. The normalized spacial score (nSPS) is 17.3. The van der Waals surface area contributed by atoms with Gasteiger partial charge in [0.05, 0.1) is 0 Å². The summed E-state index contributed by atoms with van der Waals surface area (Å²) >= 11 is 0. The monoisotopic (exact) mass is 261 g/mol. The number of hydrogen-bond acceptors (Lipinski definition) is 2. The van der Waals surface area contributed by atoms with Crippen LogP contribution in [-0.4, -0.2) is 19.2 Å². The van der Waals surface area contributed by atoms with Crippen LogP contribution < -0.4 is 10.1 Å². The average molecular weight is 261 g/mol. The number of benzene rings is 1. The summed E-state index contributed by atoms with van der Waals surface area (Å²) in [5.74, 6) is 1.10.